The van der Waals surface area contributed by atoms with Gasteiger partial charge in [0, 0.05) is 5.75 Å². The molecule has 0 aliphatic carbocycles. The molecule has 1 aromatic carbocycles. The van der Waals surface area contributed by atoms with Crippen LogP contribution in [-0.4, -0.2) is 21.9 Å². The van der Waals surface area contributed by atoms with Gasteiger partial charge in [0.1, 0.15) is 11.6 Å². The van der Waals surface area contributed by atoms with Crippen LogP contribution in [0.4, 0.5) is 4.79 Å². The van der Waals surface area contributed by atoms with Gasteiger partial charge < -0.3 is 14.5 Å². The fourth-order valence-electron chi connectivity index (χ4n) is 2.47. The highest BCUT2D eigenvalue weighted by atomic mass is 32.2. The fourth-order valence-corrected chi connectivity index (χ4v) is 3.18. The summed E-state index contributed by atoms with van der Waals surface area (Å²) in [7, 11) is 0. The zero-order valence-corrected chi connectivity index (χ0v) is 17.7. The summed E-state index contributed by atoms with van der Waals surface area (Å²) in [5.41, 5.74) is 1.86. The Morgan fingerprint density at radius 3 is 2.70 bits per heavy atom. The van der Waals surface area contributed by atoms with E-state index < -0.39 is 11.7 Å². The maximum absolute atomic E-state index is 12.2. The predicted molar refractivity (Wildman–Crippen MR) is 107 cm³/mol. The first-order valence-corrected chi connectivity index (χ1v) is 10.2. The summed E-state index contributed by atoms with van der Waals surface area (Å²) in [6.07, 6.45) is 0.370. The van der Waals surface area contributed by atoms with E-state index in [0.717, 1.165) is 12.2 Å². The summed E-state index contributed by atoms with van der Waals surface area (Å²) in [6, 6.07) is 7.93. The zero-order valence-electron chi connectivity index (χ0n) is 16.9. The number of nitrogens with one attached hydrogen (secondary N) is 1. The minimum atomic E-state index is -0.562. The average molecular weight is 392 g/mol. The molecule has 1 N–H and O–H groups in total. The van der Waals surface area contributed by atoms with Crippen molar-refractivity contribution < 1.29 is 13.9 Å². The molecule has 1 heterocycles. The number of hydrogen-bond donors (Lipinski definition) is 1. The van der Waals surface area contributed by atoms with Gasteiger partial charge in [0.25, 0.3) is 5.22 Å². The van der Waals surface area contributed by atoms with Crippen molar-refractivity contribution in [2.45, 2.75) is 70.6 Å². The number of thioether (sulfide) groups is 1. The summed E-state index contributed by atoms with van der Waals surface area (Å²) in [6.45, 7) is 11.6. The van der Waals surface area contributed by atoms with Crippen LogP contribution in [-0.2, 0) is 10.5 Å². The average Bonchev–Trinajstić information content (AvgIpc) is 3.04. The van der Waals surface area contributed by atoms with Gasteiger partial charge in [0.2, 0.25) is 5.89 Å². The van der Waals surface area contributed by atoms with Gasteiger partial charge in [-0.1, -0.05) is 61.9 Å². The van der Waals surface area contributed by atoms with E-state index >= 15 is 0 Å². The number of rotatable bonds is 7. The second kappa shape index (κ2) is 9.26. The Bertz CT molecular complexity index is 755. The van der Waals surface area contributed by atoms with Crippen LogP contribution in [0.25, 0.3) is 0 Å². The van der Waals surface area contributed by atoms with Crippen molar-refractivity contribution in [3.63, 3.8) is 0 Å². The molecule has 1 amide bonds. The van der Waals surface area contributed by atoms with Gasteiger partial charge in [-0.2, -0.15) is 0 Å². The van der Waals surface area contributed by atoms with E-state index in [0.29, 0.717) is 11.1 Å². The molecule has 0 radical (unpaired) electrons. The molecule has 27 heavy (non-hydrogen) atoms. The molecule has 0 unspecified atom stereocenters. The molecule has 2 rings (SSSR count). The molecule has 0 bridgehead atoms. The summed E-state index contributed by atoms with van der Waals surface area (Å²) < 4.78 is 11.2. The number of benzene rings is 1. The molecule has 2 aromatic rings. The van der Waals surface area contributed by atoms with E-state index in [4.69, 9.17) is 9.15 Å². The standard InChI is InChI=1S/C20H29N3O3S/c1-7-14(3)16(21-18(24)26-20(4,5)6)17-22-23-19(25-17)27-12-15-10-8-9-13(2)11-15/h8-11,14,16H,7,12H2,1-6H3,(H,21,24)/t14-,16+/m0/s1. The summed E-state index contributed by atoms with van der Waals surface area (Å²) >= 11 is 1.48. The van der Waals surface area contributed by atoms with E-state index in [1.165, 1.54) is 22.9 Å². The second-order valence-corrected chi connectivity index (χ2v) is 8.62. The minimum absolute atomic E-state index is 0.132. The highest BCUT2D eigenvalue weighted by molar-refractivity contribution is 7.98. The molecule has 6 nitrogen and oxygen atoms in total. The van der Waals surface area contributed by atoms with E-state index in [1.807, 2.05) is 33.8 Å². The normalized spacial score (nSPS) is 13.9. The number of nitrogens with zero attached hydrogens (tertiary/aromatic N) is 2. The topological polar surface area (TPSA) is 77.2 Å². The third-order valence-corrected chi connectivity index (χ3v) is 4.91. The first-order chi connectivity index (χ1) is 12.7. The molecular formula is C20H29N3O3S. The Morgan fingerprint density at radius 1 is 1.33 bits per heavy atom. The van der Waals surface area contributed by atoms with Crippen molar-refractivity contribution >= 4 is 17.9 Å². The monoisotopic (exact) mass is 391 g/mol. The first-order valence-electron chi connectivity index (χ1n) is 9.19. The SMILES string of the molecule is CC[C@H](C)[C@@H](NC(=O)OC(C)(C)C)c1nnc(SCc2cccc(C)c2)o1. The van der Waals surface area contributed by atoms with Gasteiger partial charge in [-0.25, -0.2) is 4.79 Å². The van der Waals surface area contributed by atoms with Crippen molar-refractivity contribution in [3.8, 4) is 0 Å². The van der Waals surface area contributed by atoms with Crippen LogP contribution in [0.3, 0.4) is 0 Å². The molecule has 7 heteroatoms. The maximum atomic E-state index is 12.2. The second-order valence-electron chi connectivity index (χ2n) is 7.69. The highest BCUT2D eigenvalue weighted by Gasteiger charge is 2.28. The zero-order chi connectivity index (χ0) is 20.0. The fraction of sp³-hybridized carbons (Fsp3) is 0.550. The van der Waals surface area contributed by atoms with Crippen LogP contribution in [0.2, 0.25) is 0 Å². The molecule has 0 aliphatic heterocycles. The molecular weight excluding hydrogens is 362 g/mol. The van der Waals surface area contributed by atoms with E-state index in [1.54, 1.807) is 0 Å². The number of amides is 1. The van der Waals surface area contributed by atoms with Gasteiger partial charge in [-0.05, 0) is 39.2 Å². The van der Waals surface area contributed by atoms with Crippen molar-refractivity contribution in [2.24, 2.45) is 5.92 Å². The van der Waals surface area contributed by atoms with E-state index in [9.17, 15) is 4.79 Å². The highest BCUT2D eigenvalue weighted by Crippen LogP contribution is 2.28. The number of hydrogen-bond acceptors (Lipinski definition) is 6. The number of carbonyl (C=O) groups excluding carboxylic acids is 1. The molecule has 0 saturated heterocycles. The van der Waals surface area contributed by atoms with E-state index in [-0.39, 0.29) is 12.0 Å². The third-order valence-electron chi connectivity index (χ3n) is 4.02. The Balaban J connectivity index is 2.05. The predicted octanol–water partition coefficient (Wildman–Crippen LogP) is 5.28. The van der Waals surface area contributed by atoms with Gasteiger partial charge in [-0.3, -0.25) is 0 Å². The van der Waals surface area contributed by atoms with Gasteiger partial charge >= 0.3 is 6.09 Å². The lowest BCUT2D eigenvalue weighted by atomic mass is 9.99. The largest absolute Gasteiger partial charge is 0.444 e. The van der Waals surface area contributed by atoms with Crippen molar-refractivity contribution in [2.75, 3.05) is 0 Å². The van der Waals surface area contributed by atoms with Crippen molar-refractivity contribution in [3.05, 3.63) is 41.3 Å². The summed E-state index contributed by atoms with van der Waals surface area (Å²) in [4.78, 5) is 12.2. The lowest BCUT2D eigenvalue weighted by Gasteiger charge is -2.24. The smallest absolute Gasteiger partial charge is 0.408 e. The molecule has 2 atom stereocenters. The van der Waals surface area contributed by atoms with Gasteiger partial charge in [0.15, 0.2) is 0 Å². The lowest BCUT2D eigenvalue weighted by molar-refractivity contribution is 0.0474. The number of ether oxygens (including phenoxy) is 1. The Hall–Kier alpha value is -2.02. The van der Waals surface area contributed by atoms with Crippen LogP contribution in [0, 0.1) is 12.8 Å². The lowest BCUT2D eigenvalue weighted by Crippen LogP contribution is -2.37. The van der Waals surface area contributed by atoms with Crippen molar-refractivity contribution in [1.29, 1.82) is 0 Å². The van der Waals surface area contributed by atoms with Crippen LogP contribution in [0.15, 0.2) is 33.9 Å². The minimum Gasteiger partial charge on any atom is -0.444 e. The Labute approximate surface area is 165 Å². The van der Waals surface area contributed by atoms with Crippen LogP contribution < -0.4 is 5.32 Å². The van der Waals surface area contributed by atoms with Gasteiger partial charge in [-0.15, -0.1) is 10.2 Å². The molecule has 1 aromatic heterocycles. The summed E-state index contributed by atoms with van der Waals surface area (Å²) in [5.74, 6) is 1.28. The molecule has 148 valence electrons. The molecule has 0 aliphatic rings. The molecule has 0 fully saturated rings. The number of carbonyl (C=O) groups is 1. The number of aromatic nitrogens is 2. The van der Waals surface area contributed by atoms with Gasteiger partial charge in [0.05, 0.1) is 0 Å². The van der Waals surface area contributed by atoms with Crippen molar-refractivity contribution in [1.82, 2.24) is 15.5 Å². The third kappa shape index (κ3) is 6.90. The quantitative estimate of drug-likeness (QED) is 0.647. The molecule has 0 spiro atoms. The summed E-state index contributed by atoms with van der Waals surface area (Å²) in [5, 5.41) is 11.6. The Kier molecular flexibility index (Phi) is 7.30. The first kappa shape index (κ1) is 21.3. The Morgan fingerprint density at radius 2 is 2.07 bits per heavy atom. The van der Waals surface area contributed by atoms with E-state index in [2.05, 4.69) is 47.6 Å². The maximum Gasteiger partial charge on any atom is 0.408 e. The number of aryl methyl sites for hydroxylation is 1. The number of alkyl carbamates (subject to hydrolysis) is 1. The van der Waals surface area contributed by atoms with Crippen LogP contribution in [0.1, 0.15) is 64.1 Å². The molecule has 0 saturated carbocycles. The van der Waals surface area contributed by atoms with Crippen LogP contribution >= 0.6 is 11.8 Å². The van der Waals surface area contributed by atoms with Crippen LogP contribution in [0.5, 0.6) is 0 Å².